The molecule has 1 aliphatic heterocycles. The molecule has 116 valence electrons. The van der Waals surface area contributed by atoms with Crippen molar-refractivity contribution >= 4 is 5.91 Å². The van der Waals surface area contributed by atoms with Crippen molar-refractivity contribution in [1.82, 2.24) is 24.6 Å². The molecular formula is C16H21N5O. The first kappa shape index (κ1) is 14.7. The lowest BCUT2D eigenvalue weighted by Gasteiger charge is -2.38. The van der Waals surface area contributed by atoms with Gasteiger partial charge in [-0.25, -0.2) is 9.67 Å². The summed E-state index contributed by atoms with van der Waals surface area (Å²) in [6, 6.07) is 8.02. The zero-order valence-corrected chi connectivity index (χ0v) is 13.0. The molecule has 1 fully saturated rings. The third-order valence-electron chi connectivity index (χ3n) is 4.10. The van der Waals surface area contributed by atoms with E-state index in [2.05, 4.69) is 29.0 Å². The molecule has 0 radical (unpaired) electrons. The van der Waals surface area contributed by atoms with E-state index in [1.165, 1.54) is 6.33 Å². The van der Waals surface area contributed by atoms with Gasteiger partial charge in [-0.3, -0.25) is 4.79 Å². The number of amides is 1. The van der Waals surface area contributed by atoms with E-state index in [0.29, 0.717) is 6.54 Å². The minimum absolute atomic E-state index is 0.118. The molecule has 0 bridgehead atoms. The topological polar surface area (TPSA) is 54.3 Å². The summed E-state index contributed by atoms with van der Waals surface area (Å²) in [5.41, 5.74) is 1.85. The fraction of sp³-hybridized carbons (Fsp3) is 0.438. The Kier molecular flexibility index (Phi) is 4.20. The highest BCUT2D eigenvalue weighted by atomic mass is 16.2. The number of piperazine rings is 1. The van der Waals surface area contributed by atoms with Gasteiger partial charge in [-0.05, 0) is 31.7 Å². The SMILES string of the molecule is CC1CN(C)CCN1C(=O)c1ccc(Cn2cncn2)cc1. The molecule has 6 heteroatoms. The molecule has 1 saturated heterocycles. The van der Waals surface area contributed by atoms with Gasteiger partial charge in [0.05, 0.1) is 6.54 Å². The van der Waals surface area contributed by atoms with Crippen LogP contribution in [0.2, 0.25) is 0 Å². The first-order chi connectivity index (χ1) is 10.6. The van der Waals surface area contributed by atoms with Crippen LogP contribution < -0.4 is 0 Å². The molecule has 2 heterocycles. The Labute approximate surface area is 130 Å². The quantitative estimate of drug-likeness (QED) is 0.852. The lowest BCUT2D eigenvalue weighted by molar-refractivity contribution is 0.0533. The normalized spacial score (nSPS) is 19.4. The van der Waals surface area contributed by atoms with Gasteiger partial charge in [0.1, 0.15) is 12.7 Å². The summed E-state index contributed by atoms with van der Waals surface area (Å²) in [7, 11) is 2.09. The third-order valence-corrected chi connectivity index (χ3v) is 4.10. The minimum Gasteiger partial charge on any atom is -0.333 e. The molecule has 2 aromatic rings. The largest absolute Gasteiger partial charge is 0.333 e. The van der Waals surface area contributed by atoms with Crippen molar-refractivity contribution in [3.8, 4) is 0 Å². The molecule has 1 atom stereocenters. The molecular weight excluding hydrogens is 278 g/mol. The Hall–Kier alpha value is -2.21. The highest BCUT2D eigenvalue weighted by Crippen LogP contribution is 2.14. The van der Waals surface area contributed by atoms with Crippen molar-refractivity contribution in [1.29, 1.82) is 0 Å². The van der Waals surface area contributed by atoms with Crippen LogP contribution in [0, 0.1) is 0 Å². The van der Waals surface area contributed by atoms with Crippen molar-refractivity contribution in [2.24, 2.45) is 0 Å². The average molecular weight is 299 g/mol. The van der Waals surface area contributed by atoms with Gasteiger partial charge in [0.25, 0.3) is 5.91 Å². The van der Waals surface area contributed by atoms with Crippen molar-refractivity contribution in [3.05, 3.63) is 48.0 Å². The zero-order chi connectivity index (χ0) is 15.5. The summed E-state index contributed by atoms with van der Waals surface area (Å²) in [6.45, 7) is 5.42. The fourth-order valence-electron chi connectivity index (χ4n) is 2.86. The Morgan fingerprint density at radius 2 is 2.05 bits per heavy atom. The number of hydrogen-bond donors (Lipinski definition) is 0. The molecule has 1 aliphatic rings. The van der Waals surface area contributed by atoms with Crippen LogP contribution in [-0.2, 0) is 6.54 Å². The van der Waals surface area contributed by atoms with Gasteiger partial charge < -0.3 is 9.80 Å². The molecule has 0 aliphatic carbocycles. The molecule has 0 N–H and O–H groups in total. The summed E-state index contributed by atoms with van der Waals surface area (Å²) in [4.78, 5) is 20.8. The predicted molar refractivity (Wildman–Crippen MR) is 83.6 cm³/mol. The van der Waals surface area contributed by atoms with Crippen molar-refractivity contribution in [3.63, 3.8) is 0 Å². The van der Waals surface area contributed by atoms with E-state index in [-0.39, 0.29) is 11.9 Å². The maximum absolute atomic E-state index is 12.6. The molecule has 1 aromatic heterocycles. The van der Waals surface area contributed by atoms with Crippen LogP contribution >= 0.6 is 0 Å². The second kappa shape index (κ2) is 6.27. The summed E-state index contributed by atoms with van der Waals surface area (Å²) < 4.78 is 1.76. The summed E-state index contributed by atoms with van der Waals surface area (Å²) in [5.74, 6) is 0.118. The van der Waals surface area contributed by atoms with E-state index >= 15 is 0 Å². The molecule has 1 aromatic carbocycles. The lowest BCUT2D eigenvalue weighted by atomic mass is 10.1. The zero-order valence-electron chi connectivity index (χ0n) is 13.0. The maximum atomic E-state index is 12.6. The molecule has 3 rings (SSSR count). The molecule has 0 saturated carbocycles. The number of carbonyl (C=O) groups excluding carboxylic acids is 1. The van der Waals surface area contributed by atoms with Crippen LogP contribution in [0.1, 0.15) is 22.8 Å². The van der Waals surface area contributed by atoms with Gasteiger partial charge in [-0.1, -0.05) is 12.1 Å². The standard InChI is InChI=1S/C16H21N5O/c1-13-9-19(2)7-8-21(13)16(22)15-5-3-14(4-6-15)10-20-12-17-11-18-20/h3-6,11-13H,7-10H2,1-2H3. The van der Waals surface area contributed by atoms with E-state index < -0.39 is 0 Å². The lowest BCUT2D eigenvalue weighted by Crippen LogP contribution is -2.52. The number of hydrogen-bond acceptors (Lipinski definition) is 4. The number of aromatic nitrogens is 3. The number of carbonyl (C=O) groups is 1. The number of rotatable bonds is 3. The van der Waals surface area contributed by atoms with Gasteiger partial charge in [-0.2, -0.15) is 5.10 Å². The van der Waals surface area contributed by atoms with E-state index in [4.69, 9.17) is 0 Å². The van der Waals surface area contributed by atoms with Crippen molar-refractivity contribution < 1.29 is 4.79 Å². The van der Waals surface area contributed by atoms with Crippen LogP contribution in [0.25, 0.3) is 0 Å². The number of likely N-dealkylation sites (N-methyl/N-ethyl adjacent to an activating group) is 1. The summed E-state index contributed by atoms with van der Waals surface area (Å²) >= 11 is 0. The molecule has 0 spiro atoms. The van der Waals surface area contributed by atoms with Gasteiger partial charge in [0.15, 0.2) is 0 Å². The second-order valence-corrected chi connectivity index (χ2v) is 5.90. The Morgan fingerprint density at radius 1 is 1.27 bits per heavy atom. The van der Waals surface area contributed by atoms with Crippen molar-refractivity contribution in [2.75, 3.05) is 26.7 Å². The molecule has 1 unspecified atom stereocenters. The monoisotopic (exact) mass is 299 g/mol. The predicted octanol–water partition coefficient (Wildman–Crippen LogP) is 1.10. The molecule has 6 nitrogen and oxygen atoms in total. The van der Waals surface area contributed by atoms with Crippen LogP contribution in [0.5, 0.6) is 0 Å². The Morgan fingerprint density at radius 3 is 2.68 bits per heavy atom. The molecule has 22 heavy (non-hydrogen) atoms. The van der Waals surface area contributed by atoms with Gasteiger partial charge in [-0.15, -0.1) is 0 Å². The van der Waals surface area contributed by atoms with E-state index in [9.17, 15) is 4.79 Å². The highest BCUT2D eigenvalue weighted by Gasteiger charge is 2.26. The number of nitrogens with zero attached hydrogens (tertiary/aromatic N) is 5. The van der Waals surface area contributed by atoms with Gasteiger partial charge in [0.2, 0.25) is 0 Å². The maximum Gasteiger partial charge on any atom is 0.254 e. The minimum atomic E-state index is 0.118. The van der Waals surface area contributed by atoms with E-state index in [1.54, 1.807) is 11.0 Å². The summed E-state index contributed by atoms with van der Waals surface area (Å²) in [6.07, 6.45) is 3.21. The second-order valence-electron chi connectivity index (χ2n) is 5.90. The third kappa shape index (κ3) is 3.17. The molecule has 1 amide bonds. The van der Waals surface area contributed by atoms with Crippen LogP contribution in [0.4, 0.5) is 0 Å². The van der Waals surface area contributed by atoms with E-state index in [0.717, 1.165) is 30.8 Å². The first-order valence-electron chi connectivity index (χ1n) is 7.54. The Bertz CT molecular complexity index is 622. The number of benzene rings is 1. The fourth-order valence-corrected chi connectivity index (χ4v) is 2.86. The van der Waals surface area contributed by atoms with Crippen LogP contribution in [0.3, 0.4) is 0 Å². The van der Waals surface area contributed by atoms with Crippen molar-refractivity contribution in [2.45, 2.75) is 19.5 Å². The summed E-state index contributed by atoms with van der Waals surface area (Å²) in [5, 5.41) is 4.09. The van der Waals surface area contributed by atoms with Gasteiger partial charge >= 0.3 is 0 Å². The van der Waals surface area contributed by atoms with Crippen LogP contribution in [0.15, 0.2) is 36.9 Å². The smallest absolute Gasteiger partial charge is 0.254 e. The van der Waals surface area contributed by atoms with E-state index in [1.807, 2.05) is 29.2 Å². The average Bonchev–Trinajstić information content (AvgIpc) is 3.00. The first-order valence-corrected chi connectivity index (χ1v) is 7.54. The highest BCUT2D eigenvalue weighted by molar-refractivity contribution is 5.94. The van der Waals surface area contributed by atoms with Crippen LogP contribution in [-0.4, -0.2) is 63.2 Å². The Balaban J connectivity index is 1.68. The van der Waals surface area contributed by atoms with Gasteiger partial charge in [0, 0.05) is 31.2 Å².